The number of carbonyl (C=O) groups is 2. The topological polar surface area (TPSA) is 189 Å². The Kier molecular flexibility index (Phi) is 11.3. The van der Waals surface area contributed by atoms with E-state index in [1.165, 1.54) is 13.8 Å². The van der Waals surface area contributed by atoms with Gasteiger partial charge in [-0.05, 0) is 47.0 Å². The molecule has 1 aromatic heterocycles. The molecule has 0 amide bonds. The molecule has 0 saturated heterocycles. The summed E-state index contributed by atoms with van der Waals surface area (Å²) in [5.41, 5.74) is 2.87. The number of benzene rings is 2. The molecule has 1 heterocycles. The number of esters is 2. The second kappa shape index (κ2) is 15.7. The molecule has 0 fully saturated rings. The van der Waals surface area contributed by atoms with Crippen molar-refractivity contribution in [1.82, 2.24) is 4.98 Å². The van der Waals surface area contributed by atoms with Gasteiger partial charge in [0.05, 0.1) is 23.7 Å². The number of thiazole rings is 1. The van der Waals surface area contributed by atoms with Crippen molar-refractivity contribution in [3.05, 3.63) is 86.4 Å². The lowest BCUT2D eigenvalue weighted by Crippen LogP contribution is -2.31. The van der Waals surface area contributed by atoms with E-state index in [-0.39, 0.29) is 45.8 Å². The lowest BCUT2D eigenvalue weighted by atomic mass is 9.96. The highest BCUT2D eigenvalue weighted by Crippen LogP contribution is 2.49. The van der Waals surface area contributed by atoms with Crippen LogP contribution in [0, 0.1) is 45.3 Å². The summed E-state index contributed by atoms with van der Waals surface area (Å²) in [6, 6.07) is 21.6. The number of fused-ring (bicyclic) bond motifs is 1. The molecule has 12 nitrogen and oxygen atoms in total. The number of ether oxygens (including phenoxy) is 2. The molecule has 232 valence electrons. The average molecular weight is 663 g/mol. The first-order chi connectivity index (χ1) is 22.7. The molecular weight excluding hydrogens is 640 g/mol. The zero-order chi connectivity index (χ0) is 33.9. The molecule has 2 aromatic carbocycles. The Balaban J connectivity index is 1.64. The minimum Gasteiger partial charge on any atom is -0.464 e. The van der Waals surface area contributed by atoms with E-state index in [4.69, 9.17) is 21.1 Å². The first-order valence-corrected chi connectivity index (χ1v) is 15.0. The van der Waals surface area contributed by atoms with Crippen LogP contribution in [0.2, 0.25) is 5.15 Å². The molecule has 0 aliphatic heterocycles. The lowest BCUT2D eigenvalue weighted by molar-refractivity contribution is -0.141. The molecule has 0 unspecified atom stereocenters. The number of allylic oxidation sites excluding steroid dienone is 5. The fourth-order valence-corrected chi connectivity index (χ4v) is 5.68. The van der Waals surface area contributed by atoms with E-state index in [2.05, 4.69) is 15.2 Å². The Labute approximate surface area is 279 Å². The molecular formula is C33H23ClN8O4S. The second-order valence-corrected chi connectivity index (χ2v) is 11.0. The maximum absolute atomic E-state index is 11.2. The van der Waals surface area contributed by atoms with Crippen LogP contribution < -0.4 is 4.90 Å². The normalized spacial score (nSPS) is 11.5. The van der Waals surface area contributed by atoms with E-state index in [9.17, 15) is 30.6 Å². The van der Waals surface area contributed by atoms with E-state index in [0.29, 0.717) is 40.4 Å². The van der Waals surface area contributed by atoms with Crippen LogP contribution in [0.25, 0.3) is 17.2 Å². The minimum absolute atomic E-state index is 0.0728. The number of rotatable bonds is 10. The van der Waals surface area contributed by atoms with Crippen LogP contribution in [0.15, 0.2) is 75.5 Å². The van der Waals surface area contributed by atoms with Crippen LogP contribution in [-0.4, -0.2) is 43.2 Å². The highest BCUT2D eigenvalue weighted by Gasteiger charge is 2.32. The van der Waals surface area contributed by atoms with Gasteiger partial charge in [0.1, 0.15) is 53.8 Å². The van der Waals surface area contributed by atoms with Gasteiger partial charge in [-0.15, -0.1) is 10.2 Å². The van der Waals surface area contributed by atoms with Crippen LogP contribution in [0.5, 0.6) is 0 Å². The predicted molar refractivity (Wildman–Crippen MR) is 174 cm³/mol. The van der Waals surface area contributed by atoms with Crippen LogP contribution in [0.1, 0.15) is 29.9 Å². The number of nitrogens with zero attached hydrogens (tertiary/aromatic N) is 8. The monoisotopic (exact) mass is 662 g/mol. The van der Waals surface area contributed by atoms with Gasteiger partial charge in [0, 0.05) is 30.7 Å². The first kappa shape index (κ1) is 33.8. The molecule has 0 atom stereocenters. The van der Waals surface area contributed by atoms with Crippen molar-refractivity contribution in [3.8, 4) is 24.3 Å². The Morgan fingerprint density at radius 2 is 1.36 bits per heavy atom. The number of azo groups is 1. The van der Waals surface area contributed by atoms with Crippen molar-refractivity contribution in [3.63, 3.8) is 0 Å². The lowest BCUT2D eigenvalue weighted by Gasteiger charge is -2.24. The SMILES string of the molecule is CC(=O)OCCN(CCOC(C)=O)c1ccc(N=Nc2nc(Cl)c(C=C3C(=C(C#N)C#N)c4ccccc4C3=C(C#N)C#N)s2)cc1. The Hall–Kier alpha value is -6.12. The second-order valence-electron chi connectivity index (χ2n) is 9.59. The number of hydrogen-bond donors (Lipinski definition) is 0. The van der Waals surface area contributed by atoms with E-state index in [0.717, 1.165) is 17.0 Å². The molecule has 0 bridgehead atoms. The Morgan fingerprint density at radius 3 is 1.83 bits per heavy atom. The molecule has 0 saturated carbocycles. The van der Waals surface area contributed by atoms with Crippen molar-refractivity contribution < 1.29 is 19.1 Å². The highest BCUT2D eigenvalue weighted by molar-refractivity contribution is 7.16. The van der Waals surface area contributed by atoms with Crippen molar-refractivity contribution in [2.45, 2.75) is 13.8 Å². The Bertz CT molecular complexity index is 1900. The van der Waals surface area contributed by atoms with E-state index < -0.39 is 11.9 Å². The number of hydrogen-bond acceptors (Lipinski definition) is 13. The largest absolute Gasteiger partial charge is 0.464 e. The van der Waals surface area contributed by atoms with Gasteiger partial charge in [-0.25, -0.2) is 4.98 Å². The van der Waals surface area contributed by atoms with Gasteiger partial charge in [-0.1, -0.05) is 47.2 Å². The fraction of sp³-hybridized carbons (Fsp3) is 0.182. The average Bonchev–Trinajstić information content (AvgIpc) is 3.57. The fourth-order valence-electron chi connectivity index (χ4n) is 4.66. The van der Waals surface area contributed by atoms with Crippen LogP contribution in [0.4, 0.5) is 16.5 Å². The highest BCUT2D eigenvalue weighted by atomic mass is 35.5. The predicted octanol–water partition coefficient (Wildman–Crippen LogP) is 6.84. The summed E-state index contributed by atoms with van der Waals surface area (Å²) in [5.74, 6) is -0.791. The van der Waals surface area contributed by atoms with Gasteiger partial charge in [0.2, 0.25) is 5.13 Å². The number of halogens is 1. The summed E-state index contributed by atoms with van der Waals surface area (Å²) in [4.78, 5) is 29.0. The van der Waals surface area contributed by atoms with Crippen molar-refractivity contribution in [2.75, 3.05) is 31.2 Å². The van der Waals surface area contributed by atoms with Crippen molar-refractivity contribution >= 4 is 68.6 Å². The van der Waals surface area contributed by atoms with E-state index in [1.54, 1.807) is 54.6 Å². The minimum atomic E-state index is -0.396. The quantitative estimate of drug-likeness (QED) is 0.126. The third kappa shape index (κ3) is 8.13. The summed E-state index contributed by atoms with van der Waals surface area (Å²) in [6.45, 7) is 3.73. The maximum Gasteiger partial charge on any atom is 0.302 e. The molecule has 0 N–H and O–H groups in total. The standard InChI is InChI=1S/C33H23ClN8O4S/c1-20(43)45-13-11-42(12-14-46-21(2)44)25-9-7-24(8-10-25)40-41-33-39-32(34)29(47-33)15-28-30(22(16-35)17-36)26-5-3-4-6-27(26)31(28)23(18-37)19-38/h3-10,15H,11-14H2,1-2H3. The number of nitriles is 4. The molecule has 1 aliphatic carbocycles. The van der Waals surface area contributed by atoms with Crippen molar-refractivity contribution in [2.24, 2.45) is 10.2 Å². The zero-order valence-electron chi connectivity index (χ0n) is 25.0. The summed E-state index contributed by atoms with van der Waals surface area (Å²) in [7, 11) is 0. The third-order valence-corrected chi connectivity index (χ3v) is 7.91. The molecule has 0 radical (unpaired) electrons. The molecule has 4 rings (SSSR count). The van der Waals surface area contributed by atoms with E-state index >= 15 is 0 Å². The molecule has 3 aromatic rings. The smallest absolute Gasteiger partial charge is 0.302 e. The van der Waals surface area contributed by atoms with Gasteiger partial charge >= 0.3 is 11.9 Å². The zero-order valence-corrected chi connectivity index (χ0v) is 26.6. The van der Waals surface area contributed by atoms with Gasteiger partial charge in [0.25, 0.3) is 0 Å². The third-order valence-electron chi connectivity index (χ3n) is 6.62. The maximum atomic E-state index is 11.2. The van der Waals surface area contributed by atoms with Gasteiger partial charge in [-0.2, -0.15) is 21.0 Å². The summed E-state index contributed by atoms with van der Waals surface area (Å²) >= 11 is 7.56. The van der Waals surface area contributed by atoms with Gasteiger partial charge < -0.3 is 14.4 Å². The molecule has 0 spiro atoms. The molecule has 47 heavy (non-hydrogen) atoms. The number of carbonyl (C=O) groups excluding carboxylic acids is 2. The number of anilines is 1. The van der Waals surface area contributed by atoms with Gasteiger partial charge in [-0.3, -0.25) is 9.59 Å². The first-order valence-electron chi connectivity index (χ1n) is 13.8. The van der Waals surface area contributed by atoms with Crippen molar-refractivity contribution in [1.29, 1.82) is 21.0 Å². The summed E-state index contributed by atoms with van der Waals surface area (Å²) in [5, 5.41) is 47.7. The van der Waals surface area contributed by atoms with Gasteiger partial charge in [0.15, 0.2) is 0 Å². The van der Waals surface area contributed by atoms with E-state index in [1.807, 2.05) is 29.2 Å². The van der Waals surface area contributed by atoms with Crippen LogP contribution in [0.3, 0.4) is 0 Å². The molecule has 1 aliphatic rings. The summed E-state index contributed by atoms with van der Waals surface area (Å²) < 4.78 is 10.1. The summed E-state index contributed by atoms with van der Waals surface area (Å²) in [6.07, 6.45) is 1.59. The molecule has 14 heteroatoms. The Morgan fingerprint density at radius 1 is 0.851 bits per heavy atom. The number of aromatic nitrogens is 1. The van der Waals surface area contributed by atoms with Crippen LogP contribution >= 0.6 is 22.9 Å². The van der Waals surface area contributed by atoms with Crippen LogP contribution in [-0.2, 0) is 19.1 Å².